The molecule has 0 aliphatic rings. The summed E-state index contributed by atoms with van der Waals surface area (Å²) in [4.78, 5) is 23.7. The van der Waals surface area contributed by atoms with Gasteiger partial charge in [0.1, 0.15) is 5.82 Å². The molecule has 1 amide bonds. The van der Waals surface area contributed by atoms with Gasteiger partial charge in [0.2, 0.25) is 5.91 Å². The van der Waals surface area contributed by atoms with Gasteiger partial charge in [-0.05, 0) is 48.4 Å². The molecule has 2 rings (SSSR count). The first-order chi connectivity index (χ1) is 11.9. The molecule has 0 heterocycles. The molecule has 2 aromatic carbocycles. The summed E-state index contributed by atoms with van der Waals surface area (Å²) in [6.45, 7) is 1.84. The Balaban J connectivity index is 1.81. The zero-order valence-corrected chi connectivity index (χ0v) is 14.7. The summed E-state index contributed by atoms with van der Waals surface area (Å²) in [6, 6.07) is 13.4. The van der Waals surface area contributed by atoms with Crippen molar-refractivity contribution in [2.75, 3.05) is 11.1 Å². The fourth-order valence-electron chi connectivity index (χ4n) is 2.10. The van der Waals surface area contributed by atoms with Crippen molar-refractivity contribution in [3.05, 3.63) is 59.9 Å². The summed E-state index contributed by atoms with van der Waals surface area (Å²) in [7, 11) is 0. The van der Waals surface area contributed by atoms with Gasteiger partial charge < -0.3 is 10.4 Å². The fraction of sp³-hybridized carbons (Fsp3) is 0.263. The Labute approximate surface area is 150 Å². The first-order valence-corrected chi connectivity index (χ1v) is 8.92. The minimum Gasteiger partial charge on any atom is -0.481 e. The van der Waals surface area contributed by atoms with Crippen molar-refractivity contribution in [2.45, 2.75) is 24.7 Å². The molecule has 2 N–H and O–H groups in total. The molecule has 0 aliphatic heterocycles. The van der Waals surface area contributed by atoms with E-state index in [4.69, 9.17) is 5.11 Å². The quantitative estimate of drug-likeness (QED) is 0.691. The van der Waals surface area contributed by atoms with Crippen LogP contribution in [-0.4, -0.2) is 22.7 Å². The highest BCUT2D eigenvalue weighted by Crippen LogP contribution is 2.22. The number of carboxylic acid groups (broad SMARTS) is 1. The lowest BCUT2D eigenvalue weighted by Crippen LogP contribution is -2.22. The minimum absolute atomic E-state index is 0.0867. The summed E-state index contributed by atoms with van der Waals surface area (Å²) >= 11 is 1.50. The predicted octanol–water partition coefficient (Wildman–Crippen LogP) is 4.21. The largest absolute Gasteiger partial charge is 0.481 e. The average molecular weight is 361 g/mol. The van der Waals surface area contributed by atoms with Gasteiger partial charge in [0.05, 0.1) is 0 Å². The van der Waals surface area contributed by atoms with E-state index in [1.165, 1.54) is 23.9 Å². The molecule has 0 saturated carbocycles. The smallest absolute Gasteiger partial charge is 0.303 e. The molecule has 1 unspecified atom stereocenters. The number of carbonyl (C=O) groups is 2. The number of amides is 1. The molecule has 1 atom stereocenters. The number of aliphatic carboxylic acids is 1. The molecule has 0 bridgehead atoms. The number of rotatable bonds is 8. The molecule has 6 heteroatoms. The maximum atomic E-state index is 12.9. The first-order valence-electron chi connectivity index (χ1n) is 7.94. The van der Waals surface area contributed by atoms with Crippen LogP contribution in [0.2, 0.25) is 0 Å². The van der Waals surface area contributed by atoms with Crippen LogP contribution >= 0.6 is 11.8 Å². The third-order valence-electron chi connectivity index (χ3n) is 3.61. The zero-order valence-electron chi connectivity index (χ0n) is 13.9. The van der Waals surface area contributed by atoms with Gasteiger partial charge in [-0.3, -0.25) is 9.59 Å². The van der Waals surface area contributed by atoms with Crippen molar-refractivity contribution < 1.29 is 19.1 Å². The third-order valence-corrected chi connectivity index (χ3v) is 4.88. The summed E-state index contributed by atoms with van der Waals surface area (Å²) in [5.41, 5.74) is 1.60. The van der Waals surface area contributed by atoms with Crippen molar-refractivity contribution >= 4 is 29.3 Å². The van der Waals surface area contributed by atoms with E-state index < -0.39 is 5.97 Å². The molecule has 25 heavy (non-hydrogen) atoms. The fourth-order valence-corrected chi connectivity index (χ4v) is 3.02. The topological polar surface area (TPSA) is 66.4 Å². The molecule has 0 radical (unpaired) electrons. The van der Waals surface area contributed by atoms with Gasteiger partial charge in [0, 0.05) is 28.7 Å². The summed E-state index contributed by atoms with van der Waals surface area (Å²) in [6.07, 6.45) is 0.553. The lowest BCUT2D eigenvalue weighted by Gasteiger charge is -2.12. The van der Waals surface area contributed by atoms with Gasteiger partial charge in [0.15, 0.2) is 0 Å². The van der Waals surface area contributed by atoms with E-state index in [2.05, 4.69) is 5.32 Å². The summed E-state index contributed by atoms with van der Waals surface area (Å²) < 4.78 is 12.9. The van der Waals surface area contributed by atoms with Gasteiger partial charge in [-0.25, -0.2) is 4.39 Å². The second-order valence-corrected chi connectivity index (χ2v) is 6.84. The number of nitrogens with one attached hydrogen (secondary N) is 1. The maximum absolute atomic E-state index is 12.9. The van der Waals surface area contributed by atoms with Crippen LogP contribution in [0.15, 0.2) is 53.4 Å². The van der Waals surface area contributed by atoms with Gasteiger partial charge in [0.25, 0.3) is 0 Å². The number of carbonyl (C=O) groups excluding carboxylic acids is 1. The Kier molecular flexibility index (Phi) is 7.01. The molecule has 0 aromatic heterocycles. The number of hydrogen-bond acceptors (Lipinski definition) is 3. The molecule has 0 saturated heterocycles. The number of benzene rings is 2. The monoisotopic (exact) mass is 361 g/mol. The third kappa shape index (κ3) is 6.58. The molecule has 0 fully saturated rings. The van der Waals surface area contributed by atoms with Gasteiger partial charge in [-0.1, -0.05) is 19.1 Å². The Morgan fingerprint density at radius 3 is 2.36 bits per heavy atom. The summed E-state index contributed by atoms with van der Waals surface area (Å²) in [5, 5.41) is 11.5. The molecular formula is C19H20FNO3S. The van der Waals surface area contributed by atoms with E-state index in [0.717, 1.165) is 10.5 Å². The number of anilines is 1. The lowest BCUT2D eigenvalue weighted by atomic mass is 10.1. The van der Waals surface area contributed by atoms with E-state index in [9.17, 15) is 14.0 Å². The molecule has 0 spiro atoms. The molecule has 0 aliphatic carbocycles. The van der Waals surface area contributed by atoms with Crippen molar-refractivity contribution in [2.24, 2.45) is 5.92 Å². The van der Waals surface area contributed by atoms with Crippen LogP contribution in [0, 0.1) is 11.7 Å². The van der Waals surface area contributed by atoms with E-state index in [-0.39, 0.29) is 24.1 Å². The molecule has 132 valence electrons. The first kappa shape index (κ1) is 19.0. The van der Waals surface area contributed by atoms with Crippen molar-refractivity contribution in [1.29, 1.82) is 0 Å². The van der Waals surface area contributed by atoms with E-state index in [0.29, 0.717) is 17.9 Å². The van der Waals surface area contributed by atoms with Crippen LogP contribution < -0.4 is 5.32 Å². The Morgan fingerprint density at radius 1 is 1.12 bits per heavy atom. The van der Waals surface area contributed by atoms with Gasteiger partial charge >= 0.3 is 5.97 Å². The number of hydrogen-bond donors (Lipinski definition) is 2. The standard InChI is InChI=1S/C19H20FNO3S/c1-13(12-25-17-9-5-15(20)6-10-17)19(24)21-16-7-2-14(3-8-16)4-11-18(22)23/h2-3,5-10,13H,4,11-12H2,1H3,(H,21,24)(H,22,23). The second kappa shape index (κ2) is 9.22. The number of aryl methyl sites for hydroxylation is 1. The highest BCUT2D eigenvalue weighted by molar-refractivity contribution is 7.99. The minimum atomic E-state index is -0.829. The van der Waals surface area contributed by atoms with Crippen LogP contribution in [0.5, 0.6) is 0 Å². The van der Waals surface area contributed by atoms with Gasteiger partial charge in [-0.2, -0.15) is 0 Å². The van der Waals surface area contributed by atoms with Crippen LogP contribution in [0.25, 0.3) is 0 Å². The Bertz CT molecular complexity index is 716. The van der Waals surface area contributed by atoms with Crippen LogP contribution in [0.4, 0.5) is 10.1 Å². The number of thioether (sulfide) groups is 1. The van der Waals surface area contributed by atoms with E-state index >= 15 is 0 Å². The lowest BCUT2D eigenvalue weighted by molar-refractivity contribution is -0.137. The van der Waals surface area contributed by atoms with Crippen molar-refractivity contribution in [1.82, 2.24) is 0 Å². The number of halogens is 1. The SMILES string of the molecule is CC(CSc1ccc(F)cc1)C(=O)Nc1ccc(CCC(=O)O)cc1. The Hall–Kier alpha value is -2.34. The zero-order chi connectivity index (χ0) is 18.2. The number of carboxylic acids is 1. The molecule has 4 nitrogen and oxygen atoms in total. The van der Waals surface area contributed by atoms with E-state index in [1.807, 2.05) is 19.1 Å². The predicted molar refractivity (Wildman–Crippen MR) is 97.3 cm³/mol. The highest BCUT2D eigenvalue weighted by atomic mass is 32.2. The molecular weight excluding hydrogens is 341 g/mol. The van der Waals surface area contributed by atoms with Gasteiger partial charge in [-0.15, -0.1) is 11.8 Å². The van der Waals surface area contributed by atoms with Crippen molar-refractivity contribution in [3.8, 4) is 0 Å². The van der Waals surface area contributed by atoms with Crippen molar-refractivity contribution in [3.63, 3.8) is 0 Å². The normalized spacial score (nSPS) is 11.8. The van der Waals surface area contributed by atoms with Crippen LogP contribution in [0.3, 0.4) is 0 Å². The van der Waals surface area contributed by atoms with Crippen LogP contribution in [0.1, 0.15) is 18.9 Å². The summed E-state index contributed by atoms with van der Waals surface area (Å²) in [5.74, 6) is -0.810. The maximum Gasteiger partial charge on any atom is 0.303 e. The molecule has 2 aromatic rings. The average Bonchev–Trinajstić information content (AvgIpc) is 2.60. The highest BCUT2D eigenvalue weighted by Gasteiger charge is 2.13. The second-order valence-electron chi connectivity index (χ2n) is 5.75. The Morgan fingerprint density at radius 2 is 1.76 bits per heavy atom. The van der Waals surface area contributed by atoms with E-state index in [1.54, 1.807) is 24.3 Å². The van der Waals surface area contributed by atoms with Crippen LogP contribution in [-0.2, 0) is 16.0 Å².